The molecule has 0 unspecified atom stereocenters. The van der Waals surface area contributed by atoms with E-state index in [1.54, 1.807) is 0 Å². The lowest BCUT2D eigenvalue weighted by Crippen LogP contribution is -2.48. The second-order valence-corrected chi connectivity index (χ2v) is 8.14. The fraction of sp³-hybridized carbons (Fsp3) is 0.619. The number of rotatable bonds is 5. The van der Waals surface area contributed by atoms with Gasteiger partial charge in [-0.2, -0.15) is 0 Å². The molecular formula is C21H32N4O2. The first-order valence-electron chi connectivity index (χ1n) is 9.96. The Balaban J connectivity index is 1.41. The Bertz CT molecular complexity index is 651. The van der Waals surface area contributed by atoms with Crippen molar-refractivity contribution in [3.63, 3.8) is 0 Å². The quantitative estimate of drug-likeness (QED) is 0.848. The first kappa shape index (κ1) is 19.8. The lowest BCUT2D eigenvalue weighted by molar-refractivity contribution is -0.123. The highest BCUT2D eigenvalue weighted by atomic mass is 16.2. The van der Waals surface area contributed by atoms with E-state index in [0.29, 0.717) is 25.7 Å². The highest BCUT2D eigenvalue weighted by molar-refractivity contribution is 5.94. The molecule has 1 N–H and O–H groups in total. The number of carbonyl (C=O) groups excluding carboxylic acids is 2. The summed E-state index contributed by atoms with van der Waals surface area (Å²) >= 11 is 0. The van der Waals surface area contributed by atoms with Crippen LogP contribution in [-0.4, -0.2) is 85.4 Å². The molecule has 0 aromatic heterocycles. The minimum atomic E-state index is 0.0894. The van der Waals surface area contributed by atoms with Gasteiger partial charge in [-0.1, -0.05) is 17.7 Å². The average molecular weight is 373 g/mol. The number of carbonyl (C=O) groups is 2. The van der Waals surface area contributed by atoms with Gasteiger partial charge in [0.05, 0.1) is 6.54 Å². The van der Waals surface area contributed by atoms with Crippen LogP contribution in [0, 0.1) is 6.92 Å². The largest absolute Gasteiger partial charge is 0.352 e. The van der Waals surface area contributed by atoms with Crippen molar-refractivity contribution < 1.29 is 9.59 Å². The molecule has 2 amide bonds. The van der Waals surface area contributed by atoms with E-state index in [4.69, 9.17) is 0 Å². The summed E-state index contributed by atoms with van der Waals surface area (Å²) in [6.45, 7) is 5.84. The van der Waals surface area contributed by atoms with Crippen molar-refractivity contribution in [3.05, 3.63) is 35.4 Å². The standard InChI is InChI=1S/C21H32N4O2/c1-16-4-6-17(7-5-16)21(27)25-12-8-18(9-13-25)22-20(26)15-24-11-10-19(14-24)23(2)3/h4-7,18-19H,8-15H2,1-3H3,(H,22,26)/t19-/m1/s1. The van der Waals surface area contributed by atoms with Crippen LogP contribution in [0.4, 0.5) is 0 Å². The van der Waals surface area contributed by atoms with Gasteiger partial charge in [-0.05, 0) is 52.4 Å². The van der Waals surface area contributed by atoms with Crippen LogP contribution in [0.15, 0.2) is 24.3 Å². The van der Waals surface area contributed by atoms with Gasteiger partial charge < -0.3 is 15.1 Å². The van der Waals surface area contributed by atoms with Crippen LogP contribution in [0.5, 0.6) is 0 Å². The van der Waals surface area contributed by atoms with Crippen molar-refractivity contribution in [2.45, 2.75) is 38.3 Å². The smallest absolute Gasteiger partial charge is 0.253 e. The molecule has 2 aliphatic rings. The first-order valence-corrected chi connectivity index (χ1v) is 9.96. The molecule has 0 saturated carbocycles. The van der Waals surface area contributed by atoms with Crippen LogP contribution in [-0.2, 0) is 4.79 Å². The summed E-state index contributed by atoms with van der Waals surface area (Å²) in [5.41, 5.74) is 1.90. The monoisotopic (exact) mass is 372 g/mol. The maximum absolute atomic E-state index is 12.6. The number of likely N-dealkylation sites (N-methyl/N-ethyl adjacent to an activating group) is 1. The Morgan fingerprint density at radius 1 is 1.07 bits per heavy atom. The molecule has 27 heavy (non-hydrogen) atoms. The van der Waals surface area contributed by atoms with E-state index in [0.717, 1.165) is 43.5 Å². The SMILES string of the molecule is Cc1ccc(C(=O)N2CCC(NC(=O)CN3CC[C@@H](N(C)C)C3)CC2)cc1. The van der Waals surface area contributed by atoms with Crippen LogP contribution >= 0.6 is 0 Å². The van der Waals surface area contributed by atoms with E-state index in [2.05, 4.69) is 29.2 Å². The molecule has 148 valence electrons. The van der Waals surface area contributed by atoms with Gasteiger partial charge in [-0.25, -0.2) is 0 Å². The number of piperidine rings is 1. The zero-order chi connectivity index (χ0) is 19.4. The number of nitrogens with one attached hydrogen (secondary N) is 1. The predicted octanol–water partition coefficient (Wildman–Crippen LogP) is 1.35. The van der Waals surface area contributed by atoms with Gasteiger partial charge in [-0.3, -0.25) is 14.5 Å². The number of amides is 2. The lowest BCUT2D eigenvalue weighted by Gasteiger charge is -2.32. The maximum atomic E-state index is 12.6. The molecule has 1 atom stereocenters. The van der Waals surface area contributed by atoms with Crippen molar-refractivity contribution in [1.82, 2.24) is 20.0 Å². The molecule has 2 aliphatic heterocycles. The molecule has 2 saturated heterocycles. The third-order valence-electron chi connectivity index (χ3n) is 5.79. The van der Waals surface area contributed by atoms with E-state index >= 15 is 0 Å². The van der Waals surface area contributed by atoms with Gasteiger partial charge in [0.2, 0.25) is 5.91 Å². The number of benzene rings is 1. The summed E-state index contributed by atoms with van der Waals surface area (Å²) in [7, 11) is 4.19. The van der Waals surface area contributed by atoms with E-state index in [9.17, 15) is 9.59 Å². The van der Waals surface area contributed by atoms with Crippen molar-refractivity contribution >= 4 is 11.8 Å². The summed E-state index contributed by atoms with van der Waals surface area (Å²) in [5.74, 6) is 0.198. The molecule has 1 aromatic rings. The van der Waals surface area contributed by atoms with E-state index < -0.39 is 0 Å². The van der Waals surface area contributed by atoms with Gasteiger partial charge in [-0.15, -0.1) is 0 Å². The van der Waals surface area contributed by atoms with E-state index in [1.807, 2.05) is 36.1 Å². The summed E-state index contributed by atoms with van der Waals surface area (Å²) < 4.78 is 0. The topological polar surface area (TPSA) is 55.9 Å². The van der Waals surface area contributed by atoms with Crippen LogP contribution in [0.25, 0.3) is 0 Å². The molecule has 2 heterocycles. The van der Waals surface area contributed by atoms with Crippen molar-refractivity contribution in [1.29, 1.82) is 0 Å². The summed E-state index contributed by atoms with van der Waals surface area (Å²) in [6.07, 6.45) is 2.77. The maximum Gasteiger partial charge on any atom is 0.253 e. The molecule has 0 spiro atoms. The molecule has 3 rings (SSSR count). The summed E-state index contributed by atoms with van der Waals surface area (Å²) in [5, 5.41) is 3.16. The highest BCUT2D eigenvalue weighted by Crippen LogP contribution is 2.16. The Hall–Kier alpha value is -1.92. The van der Waals surface area contributed by atoms with Crippen LogP contribution in [0.2, 0.25) is 0 Å². The first-order chi connectivity index (χ1) is 12.9. The number of hydrogen-bond donors (Lipinski definition) is 1. The molecule has 6 nitrogen and oxygen atoms in total. The van der Waals surface area contributed by atoms with E-state index in [-0.39, 0.29) is 17.9 Å². The lowest BCUT2D eigenvalue weighted by atomic mass is 10.0. The molecule has 0 radical (unpaired) electrons. The van der Waals surface area contributed by atoms with Crippen molar-refractivity contribution in [3.8, 4) is 0 Å². The minimum Gasteiger partial charge on any atom is -0.352 e. The minimum absolute atomic E-state index is 0.0894. The number of aryl methyl sites for hydroxylation is 1. The van der Waals surface area contributed by atoms with Gasteiger partial charge in [0.15, 0.2) is 0 Å². The number of hydrogen-bond acceptors (Lipinski definition) is 4. The number of likely N-dealkylation sites (tertiary alicyclic amines) is 2. The zero-order valence-corrected chi connectivity index (χ0v) is 16.8. The number of nitrogens with zero attached hydrogens (tertiary/aromatic N) is 3. The highest BCUT2D eigenvalue weighted by Gasteiger charge is 2.27. The Kier molecular flexibility index (Phi) is 6.50. The van der Waals surface area contributed by atoms with Gasteiger partial charge in [0, 0.05) is 43.8 Å². The Morgan fingerprint density at radius 2 is 1.74 bits per heavy atom. The Labute approximate surface area is 162 Å². The van der Waals surface area contributed by atoms with Gasteiger partial charge in [0.1, 0.15) is 0 Å². The van der Waals surface area contributed by atoms with Crippen LogP contribution < -0.4 is 5.32 Å². The fourth-order valence-electron chi connectivity index (χ4n) is 3.96. The molecular weight excluding hydrogens is 340 g/mol. The molecule has 0 bridgehead atoms. The van der Waals surface area contributed by atoms with Crippen molar-refractivity contribution in [2.24, 2.45) is 0 Å². The van der Waals surface area contributed by atoms with E-state index in [1.165, 1.54) is 0 Å². The molecule has 6 heteroatoms. The van der Waals surface area contributed by atoms with Gasteiger partial charge >= 0.3 is 0 Å². The van der Waals surface area contributed by atoms with Crippen LogP contribution in [0.1, 0.15) is 35.2 Å². The summed E-state index contributed by atoms with van der Waals surface area (Å²) in [4.78, 5) is 31.3. The van der Waals surface area contributed by atoms with Crippen LogP contribution in [0.3, 0.4) is 0 Å². The van der Waals surface area contributed by atoms with Crippen molar-refractivity contribution in [2.75, 3.05) is 46.8 Å². The summed E-state index contributed by atoms with van der Waals surface area (Å²) in [6, 6.07) is 8.45. The predicted molar refractivity (Wildman–Crippen MR) is 107 cm³/mol. The zero-order valence-electron chi connectivity index (χ0n) is 16.8. The Morgan fingerprint density at radius 3 is 2.33 bits per heavy atom. The third-order valence-corrected chi connectivity index (χ3v) is 5.79. The second-order valence-electron chi connectivity index (χ2n) is 8.14. The fourth-order valence-corrected chi connectivity index (χ4v) is 3.96. The molecule has 2 fully saturated rings. The normalized spacial score (nSPS) is 21.6. The van der Waals surface area contributed by atoms with Gasteiger partial charge in [0.25, 0.3) is 5.91 Å². The average Bonchev–Trinajstić information content (AvgIpc) is 3.11. The third kappa shape index (κ3) is 5.30. The molecule has 1 aromatic carbocycles. The second kappa shape index (κ2) is 8.85. The molecule has 0 aliphatic carbocycles.